The monoisotopic (exact) mass is 281 g/mol. The third-order valence-corrected chi connectivity index (χ3v) is 4.63. The number of amides is 2. The number of fused-ring (bicyclic) bond motifs is 1. The van der Waals surface area contributed by atoms with E-state index < -0.39 is 0 Å². The number of carbonyl (C=O) groups excluding carboxylic acids is 2. The van der Waals surface area contributed by atoms with E-state index in [9.17, 15) is 9.59 Å². The van der Waals surface area contributed by atoms with E-state index in [-0.39, 0.29) is 17.9 Å². The number of nitrogens with zero attached hydrogens (tertiary/aromatic N) is 1. The summed E-state index contributed by atoms with van der Waals surface area (Å²) >= 11 is 0. The highest BCUT2D eigenvalue weighted by molar-refractivity contribution is 5.79. The number of hydrogen-bond acceptors (Lipinski definition) is 3. The summed E-state index contributed by atoms with van der Waals surface area (Å²) in [5, 5.41) is 2.83. The molecule has 1 saturated carbocycles. The van der Waals surface area contributed by atoms with E-state index in [0.717, 1.165) is 38.9 Å². The summed E-state index contributed by atoms with van der Waals surface area (Å²) in [5.41, 5.74) is 6.08. The lowest BCUT2D eigenvalue weighted by Crippen LogP contribution is -2.33. The molecule has 114 valence electrons. The summed E-state index contributed by atoms with van der Waals surface area (Å²) in [6.45, 7) is 4.45. The van der Waals surface area contributed by atoms with Crippen molar-refractivity contribution in [2.45, 2.75) is 51.5 Å². The smallest absolute Gasteiger partial charge is 0.222 e. The average Bonchev–Trinajstić information content (AvgIpc) is 2.99. The highest BCUT2D eigenvalue weighted by Crippen LogP contribution is 2.37. The summed E-state index contributed by atoms with van der Waals surface area (Å²) in [4.78, 5) is 25.5. The van der Waals surface area contributed by atoms with Gasteiger partial charge in [-0.1, -0.05) is 6.92 Å². The quantitative estimate of drug-likeness (QED) is 0.759. The molecule has 3 unspecified atom stereocenters. The van der Waals surface area contributed by atoms with Crippen LogP contribution in [0.3, 0.4) is 0 Å². The molecule has 5 nitrogen and oxygen atoms in total. The fourth-order valence-electron chi connectivity index (χ4n) is 3.42. The van der Waals surface area contributed by atoms with Crippen molar-refractivity contribution in [3.63, 3.8) is 0 Å². The van der Waals surface area contributed by atoms with Gasteiger partial charge < -0.3 is 16.0 Å². The number of nitrogens with two attached hydrogens (primary N) is 1. The minimum atomic E-state index is 0.0555. The standard InChI is InChI=1S/C15H27N3O2/c1-2-8-17-14(19)4-3-5-15(20)18-9-11-6-7-13(16)12(11)10-18/h11-13H,2-10,16H2,1H3,(H,17,19). The fraction of sp³-hybridized carbons (Fsp3) is 0.867. The summed E-state index contributed by atoms with van der Waals surface area (Å²) in [6, 6.07) is 0.276. The van der Waals surface area contributed by atoms with Crippen LogP contribution in [0.25, 0.3) is 0 Å². The molecule has 2 aliphatic rings. The number of likely N-dealkylation sites (tertiary alicyclic amines) is 1. The van der Waals surface area contributed by atoms with Gasteiger partial charge in [-0.2, -0.15) is 0 Å². The second-order valence-corrected chi connectivity index (χ2v) is 6.17. The molecule has 1 aliphatic heterocycles. The number of carbonyl (C=O) groups is 2. The molecule has 3 N–H and O–H groups in total. The maximum Gasteiger partial charge on any atom is 0.222 e. The number of rotatable bonds is 6. The normalized spacial score (nSPS) is 28.5. The first-order chi connectivity index (χ1) is 9.61. The Hall–Kier alpha value is -1.10. The molecular weight excluding hydrogens is 254 g/mol. The van der Waals surface area contributed by atoms with Crippen LogP contribution in [-0.2, 0) is 9.59 Å². The molecule has 1 heterocycles. The first-order valence-electron chi connectivity index (χ1n) is 7.92. The molecule has 2 rings (SSSR count). The molecule has 0 aromatic heterocycles. The van der Waals surface area contributed by atoms with Gasteiger partial charge in [0.15, 0.2) is 0 Å². The summed E-state index contributed by atoms with van der Waals surface area (Å²) in [6.07, 6.45) is 4.79. The maximum absolute atomic E-state index is 12.1. The Balaban J connectivity index is 1.65. The highest BCUT2D eigenvalue weighted by Gasteiger charge is 2.42. The van der Waals surface area contributed by atoms with Gasteiger partial charge in [-0.05, 0) is 37.5 Å². The van der Waals surface area contributed by atoms with Gasteiger partial charge >= 0.3 is 0 Å². The predicted octanol–water partition coefficient (Wildman–Crippen LogP) is 0.879. The molecule has 0 spiro atoms. The van der Waals surface area contributed by atoms with E-state index >= 15 is 0 Å². The van der Waals surface area contributed by atoms with Crippen molar-refractivity contribution in [2.75, 3.05) is 19.6 Å². The van der Waals surface area contributed by atoms with Gasteiger partial charge in [-0.25, -0.2) is 0 Å². The third-order valence-electron chi connectivity index (χ3n) is 4.63. The van der Waals surface area contributed by atoms with Crippen molar-refractivity contribution < 1.29 is 9.59 Å². The molecule has 0 aromatic carbocycles. The maximum atomic E-state index is 12.1. The summed E-state index contributed by atoms with van der Waals surface area (Å²) < 4.78 is 0. The van der Waals surface area contributed by atoms with Crippen molar-refractivity contribution in [1.82, 2.24) is 10.2 Å². The van der Waals surface area contributed by atoms with Crippen molar-refractivity contribution in [3.05, 3.63) is 0 Å². The van der Waals surface area contributed by atoms with Gasteiger partial charge in [-0.3, -0.25) is 9.59 Å². The van der Waals surface area contributed by atoms with Gasteiger partial charge in [0.25, 0.3) is 0 Å². The van der Waals surface area contributed by atoms with Gasteiger partial charge in [-0.15, -0.1) is 0 Å². The average molecular weight is 281 g/mol. The van der Waals surface area contributed by atoms with Crippen LogP contribution in [0.5, 0.6) is 0 Å². The van der Waals surface area contributed by atoms with E-state index in [1.54, 1.807) is 0 Å². The van der Waals surface area contributed by atoms with Crippen molar-refractivity contribution in [2.24, 2.45) is 17.6 Å². The van der Waals surface area contributed by atoms with Crippen LogP contribution < -0.4 is 11.1 Å². The van der Waals surface area contributed by atoms with Crippen LogP contribution in [-0.4, -0.2) is 42.4 Å². The van der Waals surface area contributed by atoms with Gasteiger partial charge in [0.05, 0.1) is 0 Å². The highest BCUT2D eigenvalue weighted by atomic mass is 16.2. The fourth-order valence-corrected chi connectivity index (χ4v) is 3.42. The third kappa shape index (κ3) is 3.72. The topological polar surface area (TPSA) is 75.4 Å². The van der Waals surface area contributed by atoms with Crippen LogP contribution in [0.4, 0.5) is 0 Å². The molecule has 2 fully saturated rings. The van der Waals surface area contributed by atoms with E-state index in [0.29, 0.717) is 31.1 Å². The van der Waals surface area contributed by atoms with Crippen molar-refractivity contribution in [3.8, 4) is 0 Å². The Kier molecular flexibility index (Phi) is 5.40. The Morgan fingerprint density at radius 2 is 2.05 bits per heavy atom. The molecule has 2 amide bonds. The molecule has 0 aromatic rings. The van der Waals surface area contributed by atoms with Crippen LogP contribution >= 0.6 is 0 Å². The SMILES string of the molecule is CCCNC(=O)CCCC(=O)N1CC2CCC(N)C2C1. The van der Waals surface area contributed by atoms with E-state index in [1.165, 1.54) is 0 Å². The zero-order chi connectivity index (χ0) is 14.5. The first kappa shape index (κ1) is 15.3. The van der Waals surface area contributed by atoms with Crippen molar-refractivity contribution >= 4 is 11.8 Å². The molecule has 1 aliphatic carbocycles. The molecule has 3 atom stereocenters. The van der Waals surface area contributed by atoms with Crippen molar-refractivity contribution in [1.29, 1.82) is 0 Å². The molecule has 1 saturated heterocycles. The van der Waals surface area contributed by atoms with Gasteiger partial charge in [0.1, 0.15) is 0 Å². The molecule has 0 bridgehead atoms. The zero-order valence-electron chi connectivity index (χ0n) is 12.4. The van der Waals surface area contributed by atoms with E-state index in [4.69, 9.17) is 5.73 Å². The van der Waals surface area contributed by atoms with E-state index in [2.05, 4.69) is 5.32 Å². The van der Waals surface area contributed by atoms with Crippen LogP contribution in [0.1, 0.15) is 45.4 Å². The largest absolute Gasteiger partial charge is 0.356 e. The van der Waals surface area contributed by atoms with Gasteiger partial charge in [0.2, 0.25) is 11.8 Å². The summed E-state index contributed by atoms with van der Waals surface area (Å²) in [5.74, 6) is 1.36. The van der Waals surface area contributed by atoms with Crippen LogP contribution in [0.2, 0.25) is 0 Å². The predicted molar refractivity (Wildman–Crippen MR) is 77.9 cm³/mol. The lowest BCUT2D eigenvalue weighted by Gasteiger charge is -2.18. The lowest BCUT2D eigenvalue weighted by molar-refractivity contribution is -0.130. The molecule has 20 heavy (non-hydrogen) atoms. The second kappa shape index (κ2) is 7.07. The van der Waals surface area contributed by atoms with Crippen LogP contribution in [0.15, 0.2) is 0 Å². The minimum Gasteiger partial charge on any atom is -0.356 e. The zero-order valence-corrected chi connectivity index (χ0v) is 12.4. The Bertz CT molecular complexity index is 359. The molecular formula is C15H27N3O2. The second-order valence-electron chi connectivity index (χ2n) is 6.17. The minimum absolute atomic E-state index is 0.0555. The Morgan fingerprint density at radius 3 is 2.75 bits per heavy atom. The number of hydrogen-bond donors (Lipinski definition) is 2. The first-order valence-corrected chi connectivity index (χ1v) is 7.92. The molecule has 5 heteroatoms. The summed E-state index contributed by atoms with van der Waals surface area (Å²) in [7, 11) is 0. The Labute approximate surface area is 121 Å². The Morgan fingerprint density at radius 1 is 1.25 bits per heavy atom. The van der Waals surface area contributed by atoms with Gasteiger partial charge in [0, 0.05) is 38.5 Å². The van der Waals surface area contributed by atoms with E-state index in [1.807, 2.05) is 11.8 Å². The number of nitrogens with one attached hydrogen (secondary N) is 1. The van der Waals surface area contributed by atoms with Crippen LogP contribution in [0, 0.1) is 11.8 Å². The lowest BCUT2D eigenvalue weighted by atomic mass is 9.98. The molecule has 0 radical (unpaired) electrons.